The monoisotopic (exact) mass is 322 g/mol. The van der Waals surface area contributed by atoms with Crippen LogP contribution in [0, 0.1) is 6.92 Å². The minimum absolute atomic E-state index is 0.153. The number of hydrogen-bond acceptors (Lipinski definition) is 4. The van der Waals surface area contributed by atoms with E-state index in [9.17, 15) is 9.59 Å². The smallest absolute Gasteiger partial charge is 0.344 e. The first-order valence-electron chi connectivity index (χ1n) is 8.29. The minimum Gasteiger partial charge on any atom is -0.482 e. The van der Waals surface area contributed by atoms with Crippen molar-refractivity contribution in [3.8, 4) is 5.75 Å². The van der Waals surface area contributed by atoms with Gasteiger partial charge in [-0.1, -0.05) is 18.2 Å². The van der Waals surface area contributed by atoms with E-state index in [4.69, 9.17) is 9.15 Å². The molecule has 1 aliphatic rings. The molecule has 1 heterocycles. The van der Waals surface area contributed by atoms with E-state index in [1.54, 1.807) is 6.07 Å². The van der Waals surface area contributed by atoms with E-state index in [1.807, 2.05) is 37.3 Å². The summed E-state index contributed by atoms with van der Waals surface area (Å²) < 4.78 is 11.5. The third kappa shape index (κ3) is 2.39. The molecule has 4 heteroatoms. The van der Waals surface area contributed by atoms with Crippen LogP contribution in [0.3, 0.4) is 0 Å². The molecule has 0 bridgehead atoms. The molecule has 4 rings (SSSR count). The van der Waals surface area contributed by atoms with Crippen LogP contribution in [-0.2, 0) is 4.79 Å². The number of aryl methyl sites for hydroxylation is 1. The molecular formula is C20H18O4. The van der Waals surface area contributed by atoms with Crippen LogP contribution in [0.1, 0.15) is 31.2 Å². The fraction of sp³-hybridized carbons (Fsp3) is 0.300. The summed E-state index contributed by atoms with van der Waals surface area (Å²) in [4.78, 5) is 24.2. The largest absolute Gasteiger partial charge is 0.482 e. The van der Waals surface area contributed by atoms with Crippen LogP contribution in [-0.4, -0.2) is 11.9 Å². The van der Waals surface area contributed by atoms with Crippen molar-refractivity contribution in [3.63, 3.8) is 0 Å². The number of hydrogen-bond donors (Lipinski definition) is 0. The van der Waals surface area contributed by atoms with Crippen molar-refractivity contribution < 1.29 is 13.9 Å². The highest BCUT2D eigenvalue weighted by Crippen LogP contribution is 2.32. The molecule has 0 spiro atoms. The van der Waals surface area contributed by atoms with Gasteiger partial charge in [-0.15, -0.1) is 0 Å². The average Bonchev–Trinajstić information content (AvgIpc) is 2.60. The molecule has 0 amide bonds. The van der Waals surface area contributed by atoms with E-state index in [1.165, 1.54) is 0 Å². The number of fused-ring (bicyclic) bond motifs is 3. The Hall–Kier alpha value is -2.62. The normalized spacial score (nSPS) is 18.2. The van der Waals surface area contributed by atoms with E-state index in [2.05, 4.69) is 0 Å². The van der Waals surface area contributed by atoms with Gasteiger partial charge in [-0.25, -0.2) is 4.79 Å². The third-order valence-electron chi connectivity index (χ3n) is 4.76. The van der Waals surface area contributed by atoms with Crippen LogP contribution >= 0.6 is 0 Å². The Morgan fingerprint density at radius 2 is 1.79 bits per heavy atom. The van der Waals surface area contributed by atoms with Crippen LogP contribution in [0.25, 0.3) is 21.7 Å². The number of carbonyl (C=O) groups is 1. The summed E-state index contributed by atoms with van der Waals surface area (Å²) in [6.45, 7) is 1.86. The maximum atomic E-state index is 12.2. The van der Waals surface area contributed by atoms with E-state index in [0.29, 0.717) is 23.1 Å². The van der Waals surface area contributed by atoms with E-state index < -0.39 is 0 Å². The van der Waals surface area contributed by atoms with Crippen molar-refractivity contribution in [2.45, 2.75) is 38.7 Å². The summed E-state index contributed by atoms with van der Waals surface area (Å²) in [6.07, 6.45) is 2.88. The van der Waals surface area contributed by atoms with Crippen molar-refractivity contribution in [1.82, 2.24) is 0 Å². The van der Waals surface area contributed by atoms with Gasteiger partial charge < -0.3 is 9.15 Å². The molecule has 122 valence electrons. The summed E-state index contributed by atoms with van der Waals surface area (Å²) in [7, 11) is 0. The number of ketones is 1. The molecule has 4 nitrogen and oxygen atoms in total. The predicted octanol–water partition coefficient (Wildman–Crippen LogP) is 4.15. The van der Waals surface area contributed by atoms with Crippen LogP contribution in [0.2, 0.25) is 0 Å². The fourth-order valence-corrected chi connectivity index (χ4v) is 3.42. The molecule has 1 fully saturated rings. The van der Waals surface area contributed by atoms with Crippen LogP contribution in [0.4, 0.5) is 0 Å². The molecule has 1 aromatic heterocycles. The zero-order valence-electron chi connectivity index (χ0n) is 13.5. The number of Topliss-reactive ketones (excluding diaryl/α,β-unsaturated/α-hetero) is 1. The second-order valence-electron chi connectivity index (χ2n) is 6.32. The SMILES string of the molecule is Cc1c(O[C@H]2CCCCC2=O)ccc2c1oc(=O)c1ccccc12. The lowest BCUT2D eigenvalue weighted by molar-refractivity contribution is -0.127. The highest BCUT2D eigenvalue weighted by Gasteiger charge is 2.25. The average molecular weight is 322 g/mol. The molecule has 0 unspecified atom stereocenters. The molecule has 24 heavy (non-hydrogen) atoms. The Morgan fingerprint density at radius 1 is 1.00 bits per heavy atom. The van der Waals surface area contributed by atoms with Gasteiger partial charge in [0, 0.05) is 17.4 Å². The lowest BCUT2D eigenvalue weighted by atomic mass is 9.96. The first-order chi connectivity index (χ1) is 11.6. The summed E-state index contributed by atoms with van der Waals surface area (Å²) in [5, 5.41) is 2.32. The zero-order chi connectivity index (χ0) is 16.7. The molecule has 0 aliphatic heterocycles. The zero-order valence-corrected chi connectivity index (χ0v) is 13.5. The fourth-order valence-electron chi connectivity index (χ4n) is 3.42. The first-order valence-corrected chi connectivity index (χ1v) is 8.29. The summed E-state index contributed by atoms with van der Waals surface area (Å²) in [5.74, 6) is 0.766. The Morgan fingerprint density at radius 3 is 2.58 bits per heavy atom. The molecule has 1 aliphatic carbocycles. The van der Waals surface area contributed by atoms with E-state index >= 15 is 0 Å². The van der Waals surface area contributed by atoms with Gasteiger partial charge in [0.05, 0.1) is 5.39 Å². The first kappa shape index (κ1) is 14.9. The second-order valence-corrected chi connectivity index (χ2v) is 6.32. The number of carbonyl (C=O) groups excluding carboxylic acids is 1. The molecule has 2 aromatic carbocycles. The third-order valence-corrected chi connectivity index (χ3v) is 4.76. The van der Waals surface area contributed by atoms with Crippen molar-refractivity contribution in [2.24, 2.45) is 0 Å². The van der Waals surface area contributed by atoms with Crippen LogP contribution in [0.5, 0.6) is 5.75 Å². The Labute approximate surface area is 139 Å². The van der Waals surface area contributed by atoms with E-state index in [-0.39, 0.29) is 17.5 Å². The lowest BCUT2D eigenvalue weighted by Gasteiger charge is -2.23. The summed E-state index contributed by atoms with van der Waals surface area (Å²) >= 11 is 0. The van der Waals surface area contributed by atoms with Crippen molar-refractivity contribution in [1.29, 1.82) is 0 Å². The number of benzene rings is 2. The highest BCUT2D eigenvalue weighted by molar-refractivity contribution is 6.05. The lowest BCUT2D eigenvalue weighted by Crippen LogP contribution is -2.30. The standard InChI is InChI=1S/C20H18O4/c1-12-17(23-18-9-5-4-8-16(18)21)11-10-14-13-6-2-3-7-15(13)20(22)24-19(12)14/h2-3,6-7,10-11,18H,4-5,8-9H2,1H3/t18-/m0/s1. The van der Waals surface area contributed by atoms with E-state index in [0.717, 1.165) is 35.6 Å². The van der Waals surface area contributed by atoms with Crippen LogP contribution in [0.15, 0.2) is 45.6 Å². The molecule has 0 radical (unpaired) electrons. The second kappa shape index (κ2) is 5.78. The predicted molar refractivity (Wildman–Crippen MR) is 92.6 cm³/mol. The topological polar surface area (TPSA) is 56.5 Å². The van der Waals surface area contributed by atoms with Gasteiger partial charge in [0.15, 0.2) is 11.9 Å². The Bertz CT molecular complexity index is 1000. The van der Waals surface area contributed by atoms with Gasteiger partial charge in [0.25, 0.3) is 0 Å². The van der Waals surface area contributed by atoms with Crippen molar-refractivity contribution in [2.75, 3.05) is 0 Å². The molecule has 1 atom stereocenters. The van der Waals surface area contributed by atoms with Crippen molar-refractivity contribution in [3.05, 3.63) is 52.4 Å². The molecule has 0 saturated heterocycles. The maximum absolute atomic E-state index is 12.2. The molecule has 0 N–H and O–H groups in total. The quantitative estimate of drug-likeness (QED) is 0.525. The van der Waals surface area contributed by atoms with Gasteiger partial charge in [0.2, 0.25) is 0 Å². The van der Waals surface area contributed by atoms with Gasteiger partial charge in [0.1, 0.15) is 11.3 Å². The van der Waals surface area contributed by atoms with Crippen molar-refractivity contribution >= 4 is 27.5 Å². The summed E-state index contributed by atoms with van der Waals surface area (Å²) in [6, 6.07) is 11.2. The Balaban J connectivity index is 1.84. The molecular weight excluding hydrogens is 304 g/mol. The number of ether oxygens (including phenoxy) is 1. The minimum atomic E-state index is -0.387. The summed E-state index contributed by atoms with van der Waals surface area (Å²) in [5.41, 5.74) is 0.931. The maximum Gasteiger partial charge on any atom is 0.344 e. The van der Waals surface area contributed by atoms with Gasteiger partial charge in [-0.3, -0.25) is 4.79 Å². The van der Waals surface area contributed by atoms with Gasteiger partial charge in [-0.05, 0) is 49.8 Å². The molecule has 1 saturated carbocycles. The van der Waals surface area contributed by atoms with Gasteiger partial charge in [-0.2, -0.15) is 0 Å². The molecule has 3 aromatic rings. The van der Waals surface area contributed by atoms with Gasteiger partial charge >= 0.3 is 5.63 Å². The Kier molecular flexibility index (Phi) is 3.60. The van der Waals surface area contributed by atoms with Crippen LogP contribution < -0.4 is 10.4 Å². The number of rotatable bonds is 2. The highest BCUT2D eigenvalue weighted by atomic mass is 16.5.